The summed E-state index contributed by atoms with van der Waals surface area (Å²) in [6.45, 7) is 16.5. The Morgan fingerprint density at radius 1 is 1.21 bits per heavy atom. The van der Waals surface area contributed by atoms with Crippen molar-refractivity contribution in [2.24, 2.45) is 5.92 Å². The number of rotatable bonds is 5. The highest BCUT2D eigenvalue weighted by molar-refractivity contribution is 8.00. The Balaban J connectivity index is 2.77. The maximum absolute atomic E-state index is 12.2. The molecule has 0 fully saturated rings. The molecule has 0 spiro atoms. The van der Waals surface area contributed by atoms with E-state index in [0.29, 0.717) is 5.92 Å². The first-order valence-corrected chi connectivity index (χ1v) is 9.12. The zero-order chi connectivity index (χ0) is 18.7. The van der Waals surface area contributed by atoms with Crippen LogP contribution in [0.3, 0.4) is 0 Å². The molecule has 0 saturated carbocycles. The number of hydrogen-bond donors (Lipinski definition) is 2. The van der Waals surface area contributed by atoms with E-state index in [9.17, 15) is 9.59 Å². The third kappa shape index (κ3) is 6.19. The number of hydrogen-bond acceptors (Lipinski definition) is 4. The molecule has 0 radical (unpaired) electrons. The monoisotopic (exact) mass is 354 g/mol. The predicted molar refractivity (Wildman–Crippen MR) is 98.3 cm³/mol. The number of thioether (sulfide) groups is 1. The van der Waals surface area contributed by atoms with E-state index in [0.717, 1.165) is 23.1 Å². The molecule has 24 heavy (non-hydrogen) atoms. The van der Waals surface area contributed by atoms with Gasteiger partial charge in [0.25, 0.3) is 0 Å². The molecule has 136 valence electrons. The molecule has 7 heteroatoms. The van der Waals surface area contributed by atoms with E-state index in [1.165, 1.54) is 11.8 Å². The maximum Gasteiger partial charge on any atom is 0.321 e. The van der Waals surface area contributed by atoms with E-state index < -0.39 is 11.3 Å². The Labute approximate surface area is 149 Å². The number of urea groups is 1. The van der Waals surface area contributed by atoms with Gasteiger partial charge in [0.2, 0.25) is 5.91 Å². The summed E-state index contributed by atoms with van der Waals surface area (Å²) >= 11 is 1.38. The van der Waals surface area contributed by atoms with Crippen LogP contribution in [0.15, 0.2) is 5.16 Å². The number of aromatic nitrogens is 2. The predicted octanol–water partition coefficient (Wildman–Crippen LogP) is 3.26. The largest absolute Gasteiger partial charge is 0.333 e. The summed E-state index contributed by atoms with van der Waals surface area (Å²) < 4.78 is 2.14. The molecule has 0 bridgehead atoms. The van der Waals surface area contributed by atoms with Gasteiger partial charge in [0.05, 0.1) is 10.9 Å². The number of carbonyl (C=O) groups excluding carboxylic acids is 2. The van der Waals surface area contributed by atoms with E-state index in [2.05, 4.69) is 34.0 Å². The van der Waals surface area contributed by atoms with Crippen LogP contribution in [0.4, 0.5) is 4.79 Å². The zero-order valence-corrected chi connectivity index (χ0v) is 16.8. The minimum Gasteiger partial charge on any atom is -0.333 e. The number of nitrogens with one attached hydrogen (secondary N) is 2. The second-order valence-electron chi connectivity index (χ2n) is 7.52. The summed E-state index contributed by atoms with van der Waals surface area (Å²) in [4.78, 5) is 28.6. The van der Waals surface area contributed by atoms with Crippen LogP contribution in [0.1, 0.15) is 52.9 Å². The van der Waals surface area contributed by atoms with Crippen molar-refractivity contribution in [3.05, 3.63) is 11.4 Å². The van der Waals surface area contributed by atoms with Crippen molar-refractivity contribution in [3.8, 4) is 0 Å². The van der Waals surface area contributed by atoms with Gasteiger partial charge in [-0.25, -0.2) is 9.78 Å². The maximum atomic E-state index is 12.2. The Bertz CT molecular complexity index is 602. The molecular formula is C17H30N4O2S. The number of aryl methyl sites for hydroxylation is 1. The molecule has 0 aliphatic heterocycles. The van der Waals surface area contributed by atoms with E-state index in [1.807, 2.05) is 34.6 Å². The highest BCUT2D eigenvalue weighted by Gasteiger charge is 2.23. The fourth-order valence-electron chi connectivity index (χ4n) is 2.09. The van der Waals surface area contributed by atoms with Gasteiger partial charge in [0.15, 0.2) is 5.16 Å². The van der Waals surface area contributed by atoms with E-state index in [-0.39, 0.29) is 11.4 Å². The first kappa shape index (κ1) is 20.5. The summed E-state index contributed by atoms with van der Waals surface area (Å²) in [5.41, 5.74) is 1.70. The van der Waals surface area contributed by atoms with E-state index >= 15 is 0 Å². The summed E-state index contributed by atoms with van der Waals surface area (Å²) in [5, 5.41) is 5.51. The minimum absolute atomic E-state index is 0.323. The molecule has 3 amide bonds. The third-order valence-corrected chi connectivity index (χ3v) is 4.44. The van der Waals surface area contributed by atoms with Gasteiger partial charge in [0.1, 0.15) is 0 Å². The van der Waals surface area contributed by atoms with Crippen molar-refractivity contribution < 1.29 is 9.59 Å². The summed E-state index contributed by atoms with van der Waals surface area (Å²) in [7, 11) is 0. The van der Waals surface area contributed by atoms with Crippen LogP contribution in [-0.4, -0.2) is 32.3 Å². The summed E-state index contributed by atoms with van der Waals surface area (Å²) in [6.07, 6.45) is 0. The van der Waals surface area contributed by atoms with Crippen molar-refractivity contribution >= 4 is 23.7 Å². The highest BCUT2D eigenvalue weighted by atomic mass is 32.2. The van der Waals surface area contributed by atoms with Crippen molar-refractivity contribution in [3.63, 3.8) is 0 Å². The van der Waals surface area contributed by atoms with Crippen LogP contribution < -0.4 is 10.6 Å². The highest BCUT2D eigenvalue weighted by Crippen LogP contribution is 2.26. The van der Waals surface area contributed by atoms with Crippen molar-refractivity contribution in [1.82, 2.24) is 20.2 Å². The lowest BCUT2D eigenvalue weighted by atomic mass is 10.1. The van der Waals surface area contributed by atoms with Crippen LogP contribution in [0.25, 0.3) is 0 Å². The number of imide groups is 1. The standard InChI is InChI=1S/C17H30N4O2S/c1-10(2)9-21-12(4)11(3)18-16(21)24-13(5)14(22)19-15(23)20-17(6,7)8/h10,13H,9H2,1-8H3,(H2,19,20,22,23). The lowest BCUT2D eigenvalue weighted by Crippen LogP contribution is -2.49. The molecular weight excluding hydrogens is 324 g/mol. The third-order valence-electron chi connectivity index (χ3n) is 3.35. The van der Waals surface area contributed by atoms with Gasteiger partial charge in [-0.3, -0.25) is 10.1 Å². The fraction of sp³-hybridized carbons (Fsp3) is 0.706. The molecule has 1 aromatic heterocycles. The zero-order valence-electron chi connectivity index (χ0n) is 16.0. The molecule has 0 saturated heterocycles. The van der Waals surface area contributed by atoms with Crippen LogP contribution >= 0.6 is 11.8 Å². The first-order chi connectivity index (χ1) is 10.9. The molecule has 0 aliphatic rings. The van der Waals surface area contributed by atoms with E-state index in [4.69, 9.17) is 0 Å². The van der Waals surface area contributed by atoms with Crippen molar-refractivity contribution in [2.75, 3.05) is 0 Å². The topological polar surface area (TPSA) is 76.0 Å². The molecule has 1 atom stereocenters. The van der Waals surface area contributed by atoms with Gasteiger partial charge < -0.3 is 9.88 Å². The van der Waals surface area contributed by atoms with Crippen LogP contribution in [-0.2, 0) is 11.3 Å². The van der Waals surface area contributed by atoms with Gasteiger partial charge in [0, 0.05) is 17.8 Å². The van der Waals surface area contributed by atoms with Gasteiger partial charge in [-0.05, 0) is 47.5 Å². The number of amides is 3. The minimum atomic E-state index is -0.474. The van der Waals surface area contributed by atoms with E-state index in [1.54, 1.807) is 6.92 Å². The van der Waals surface area contributed by atoms with Crippen LogP contribution in [0.5, 0.6) is 0 Å². The number of nitrogens with zero attached hydrogens (tertiary/aromatic N) is 2. The van der Waals surface area contributed by atoms with Gasteiger partial charge >= 0.3 is 6.03 Å². The second kappa shape index (κ2) is 8.05. The van der Waals surface area contributed by atoms with Crippen molar-refractivity contribution in [2.45, 2.75) is 77.9 Å². The molecule has 1 heterocycles. The quantitative estimate of drug-likeness (QED) is 0.796. The lowest BCUT2D eigenvalue weighted by Gasteiger charge is -2.21. The van der Waals surface area contributed by atoms with Gasteiger partial charge in [-0.1, -0.05) is 25.6 Å². The molecule has 1 unspecified atom stereocenters. The molecule has 1 aromatic rings. The molecule has 1 rings (SSSR count). The number of carbonyl (C=O) groups is 2. The average Bonchev–Trinajstić information content (AvgIpc) is 2.63. The summed E-state index contributed by atoms with van der Waals surface area (Å²) in [6, 6.07) is -0.474. The average molecular weight is 355 g/mol. The summed E-state index contributed by atoms with van der Waals surface area (Å²) in [5.74, 6) is 0.162. The first-order valence-electron chi connectivity index (χ1n) is 8.24. The lowest BCUT2D eigenvalue weighted by molar-refractivity contribution is -0.119. The number of imidazole rings is 1. The van der Waals surface area contributed by atoms with Crippen LogP contribution in [0.2, 0.25) is 0 Å². The van der Waals surface area contributed by atoms with Crippen molar-refractivity contribution in [1.29, 1.82) is 0 Å². The Kier molecular flexibility index (Phi) is 6.89. The SMILES string of the molecule is Cc1nc(SC(C)C(=O)NC(=O)NC(C)(C)C)n(CC(C)C)c1C. The smallest absolute Gasteiger partial charge is 0.321 e. The Hall–Kier alpha value is -1.50. The molecule has 6 nitrogen and oxygen atoms in total. The Morgan fingerprint density at radius 3 is 2.29 bits per heavy atom. The second-order valence-corrected chi connectivity index (χ2v) is 8.83. The fourth-order valence-corrected chi connectivity index (χ4v) is 3.10. The molecule has 0 aromatic carbocycles. The normalized spacial score (nSPS) is 13.0. The molecule has 2 N–H and O–H groups in total. The van der Waals surface area contributed by atoms with Gasteiger partial charge in [-0.15, -0.1) is 0 Å². The molecule has 0 aliphatic carbocycles. The van der Waals surface area contributed by atoms with Crippen LogP contribution in [0, 0.1) is 19.8 Å². The van der Waals surface area contributed by atoms with Gasteiger partial charge in [-0.2, -0.15) is 0 Å². The Morgan fingerprint density at radius 2 is 1.79 bits per heavy atom.